The van der Waals surface area contributed by atoms with E-state index in [0.29, 0.717) is 30.1 Å². The number of methoxy groups -OCH3 is 1. The Kier molecular flexibility index (Phi) is 6.46. The molecule has 0 saturated heterocycles. The number of nitrogens with one attached hydrogen (secondary N) is 2. The molecule has 2 heterocycles. The fourth-order valence-electron chi connectivity index (χ4n) is 2.82. The van der Waals surface area contributed by atoms with E-state index in [4.69, 9.17) is 9.47 Å². The van der Waals surface area contributed by atoms with Crippen molar-refractivity contribution in [2.24, 2.45) is 0 Å². The van der Waals surface area contributed by atoms with Crippen LogP contribution < -0.4 is 15.4 Å². The fraction of sp³-hybridized carbons (Fsp3) is 0.286. The van der Waals surface area contributed by atoms with Gasteiger partial charge in [0.25, 0.3) is 11.8 Å². The molecule has 0 bridgehead atoms. The molecular weight excluding hydrogens is 372 g/mol. The minimum absolute atomic E-state index is 0.0381. The molecule has 0 unspecified atom stereocenters. The summed E-state index contributed by atoms with van der Waals surface area (Å²) in [6.45, 7) is 4.56. The summed E-state index contributed by atoms with van der Waals surface area (Å²) in [6, 6.07) is 12.5. The van der Waals surface area contributed by atoms with Crippen LogP contribution >= 0.6 is 0 Å². The molecule has 3 rings (SSSR count). The Morgan fingerprint density at radius 3 is 2.62 bits per heavy atom. The number of fused-ring (bicyclic) bond motifs is 1. The summed E-state index contributed by atoms with van der Waals surface area (Å²) in [5.74, 6) is -0.110. The summed E-state index contributed by atoms with van der Waals surface area (Å²) < 4.78 is 12.3. The number of ether oxygens (including phenoxy) is 2. The lowest BCUT2D eigenvalue weighted by Gasteiger charge is -2.14. The Morgan fingerprint density at radius 2 is 1.86 bits per heavy atom. The van der Waals surface area contributed by atoms with E-state index in [9.17, 15) is 9.59 Å². The SMILES string of the molecule is COCCNC(=O)c1nc(C(=O)Nc2ccccc2OC(C)C)c2ccccn12. The Labute approximate surface area is 168 Å². The van der Waals surface area contributed by atoms with Gasteiger partial charge in [-0.15, -0.1) is 0 Å². The number of amides is 2. The van der Waals surface area contributed by atoms with E-state index in [1.807, 2.05) is 26.0 Å². The molecule has 0 fully saturated rings. The van der Waals surface area contributed by atoms with Gasteiger partial charge in [0.05, 0.1) is 23.9 Å². The van der Waals surface area contributed by atoms with Crippen molar-refractivity contribution >= 4 is 23.0 Å². The third-order valence-electron chi connectivity index (χ3n) is 4.06. The number of imidazole rings is 1. The quantitative estimate of drug-likeness (QED) is 0.571. The number of rotatable bonds is 8. The monoisotopic (exact) mass is 396 g/mol. The molecule has 2 aromatic heterocycles. The highest BCUT2D eigenvalue weighted by Crippen LogP contribution is 2.26. The topological polar surface area (TPSA) is 94.0 Å². The maximum atomic E-state index is 13.0. The van der Waals surface area contributed by atoms with Gasteiger partial charge >= 0.3 is 0 Å². The van der Waals surface area contributed by atoms with Crippen molar-refractivity contribution in [2.45, 2.75) is 20.0 Å². The van der Waals surface area contributed by atoms with Crippen molar-refractivity contribution in [3.63, 3.8) is 0 Å². The Hall–Kier alpha value is -3.39. The molecule has 152 valence electrons. The van der Waals surface area contributed by atoms with E-state index in [1.165, 1.54) is 0 Å². The molecular formula is C21H24N4O4. The highest BCUT2D eigenvalue weighted by atomic mass is 16.5. The standard InChI is InChI=1S/C21H24N4O4/c1-14(2)29-17-10-5-4-8-15(17)23-20(26)18-16-9-6-7-12-25(16)19(24-18)21(27)22-11-13-28-3/h4-10,12,14H,11,13H2,1-3H3,(H,22,27)(H,23,26). The molecule has 29 heavy (non-hydrogen) atoms. The summed E-state index contributed by atoms with van der Waals surface area (Å²) in [4.78, 5) is 29.8. The molecule has 0 radical (unpaired) electrons. The molecule has 8 nitrogen and oxygen atoms in total. The second-order valence-electron chi connectivity index (χ2n) is 6.61. The van der Waals surface area contributed by atoms with E-state index in [1.54, 1.807) is 48.0 Å². The first-order chi connectivity index (χ1) is 14.0. The number of anilines is 1. The first-order valence-electron chi connectivity index (χ1n) is 9.32. The summed E-state index contributed by atoms with van der Waals surface area (Å²) in [7, 11) is 1.56. The average molecular weight is 396 g/mol. The van der Waals surface area contributed by atoms with Gasteiger partial charge in [0, 0.05) is 19.9 Å². The highest BCUT2D eigenvalue weighted by molar-refractivity contribution is 6.09. The third kappa shape index (κ3) is 4.72. The summed E-state index contributed by atoms with van der Waals surface area (Å²) in [5.41, 5.74) is 1.22. The number of carbonyl (C=O) groups excluding carboxylic acids is 2. The summed E-state index contributed by atoms with van der Waals surface area (Å²) in [5, 5.41) is 5.56. The molecule has 2 N–H and O–H groups in total. The van der Waals surface area contributed by atoms with Crippen LogP contribution in [0.2, 0.25) is 0 Å². The van der Waals surface area contributed by atoms with Gasteiger partial charge in [-0.3, -0.25) is 14.0 Å². The van der Waals surface area contributed by atoms with Crippen LogP contribution in [0.3, 0.4) is 0 Å². The van der Waals surface area contributed by atoms with Crippen LogP contribution in [0, 0.1) is 0 Å². The minimum Gasteiger partial charge on any atom is -0.489 e. The maximum absolute atomic E-state index is 13.0. The van der Waals surface area contributed by atoms with Crippen LogP contribution in [0.25, 0.3) is 5.52 Å². The van der Waals surface area contributed by atoms with Crippen molar-refractivity contribution in [3.8, 4) is 5.75 Å². The summed E-state index contributed by atoms with van der Waals surface area (Å²) in [6.07, 6.45) is 1.66. The first kappa shape index (κ1) is 20.3. The van der Waals surface area contributed by atoms with Crippen LogP contribution in [0.1, 0.15) is 35.0 Å². The van der Waals surface area contributed by atoms with Crippen LogP contribution in [-0.2, 0) is 4.74 Å². The largest absolute Gasteiger partial charge is 0.489 e. The maximum Gasteiger partial charge on any atom is 0.287 e. The zero-order chi connectivity index (χ0) is 20.8. The molecule has 0 spiro atoms. The molecule has 0 saturated carbocycles. The van der Waals surface area contributed by atoms with Gasteiger partial charge in [-0.2, -0.15) is 0 Å². The number of carbonyl (C=O) groups is 2. The zero-order valence-electron chi connectivity index (χ0n) is 16.6. The fourth-order valence-corrected chi connectivity index (χ4v) is 2.82. The zero-order valence-corrected chi connectivity index (χ0v) is 16.6. The number of hydrogen-bond acceptors (Lipinski definition) is 5. The molecule has 2 amide bonds. The predicted octanol–water partition coefficient (Wildman–Crippen LogP) is 2.75. The van der Waals surface area contributed by atoms with Gasteiger partial charge in [-0.05, 0) is 38.1 Å². The van der Waals surface area contributed by atoms with Crippen molar-refractivity contribution in [2.75, 3.05) is 25.6 Å². The van der Waals surface area contributed by atoms with E-state index < -0.39 is 5.91 Å². The van der Waals surface area contributed by atoms with Crippen LogP contribution in [0.5, 0.6) is 5.75 Å². The Morgan fingerprint density at radius 1 is 1.10 bits per heavy atom. The van der Waals surface area contributed by atoms with E-state index in [0.717, 1.165) is 0 Å². The number of pyridine rings is 1. The highest BCUT2D eigenvalue weighted by Gasteiger charge is 2.22. The number of para-hydroxylation sites is 2. The Bertz CT molecular complexity index is 1010. The van der Waals surface area contributed by atoms with Gasteiger partial charge in [0.1, 0.15) is 5.75 Å². The number of hydrogen-bond donors (Lipinski definition) is 2. The second-order valence-corrected chi connectivity index (χ2v) is 6.61. The number of aromatic nitrogens is 2. The van der Waals surface area contributed by atoms with Gasteiger partial charge in [0.2, 0.25) is 5.82 Å². The van der Waals surface area contributed by atoms with Crippen molar-refractivity contribution in [1.82, 2.24) is 14.7 Å². The lowest BCUT2D eigenvalue weighted by atomic mass is 10.2. The van der Waals surface area contributed by atoms with Gasteiger partial charge in [-0.1, -0.05) is 18.2 Å². The van der Waals surface area contributed by atoms with Gasteiger partial charge < -0.3 is 20.1 Å². The molecule has 3 aromatic rings. The second kappa shape index (κ2) is 9.20. The molecule has 0 atom stereocenters. The average Bonchev–Trinajstić information content (AvgIpc) is 3.09. The van der Waals surface area contributed by atoms with Crippen molar-refractivity contribution < 1.29 is 19.1 Å². The molecule has 0 aliphatic rings. The van der Waals surface area contributed by atoms with Crippen molar-refractivity contribution in [1.29, 1.82) is 0 Å². The molecule has 0 aliphatic heterocycles. The number of nitrogens with zero attached hydrogens (tertiary/aromatic N) is 2. The van der Waals surface area contributed by atoms with E-state index in [-0.39, 0.29) is 23.5 Å². The molecule has 0 aliphatic carbocycles. The summed E-state index contributed by atoms with van der Waals surface area (Å²) >= 11 is 0. The van der Waals surface area contributed by atoms with Gasteiger partial charge in [-0.25, -0.2) is 4.98 Å². The van der Waals surface area contributed by atoms with Crippen LogP contribution in [-0.4, -0.2) is 47.6 Å². The van der Waals surface area contributed by atoms with Crippen LogP contribution in [0.4, 0.5) is 5.69 Å². The normalized spacial score (nSPS) is 10.9. The Balaban J connectivity index is 1.90. The lowest BCUT2D eigenvalue weighted by Crippen LogP contribution is -2.28. The van der Waals surface area contributed by atoms with Gasteiger partial charge in [0.15, 0.2) is 5.69 Å². The van der Waals surface area contributed by atoms with Crippen LogP contribution in [0.15, 0.2) is 48.7 Å². The lowest BCUT2D eigenvalue weighted by molar-refractivity contribution is 0.0926. The molecule has 1 aromatic carbocycles. The van der Waals surface area contributed by atoms with E-state index in [2.05, 4.69) is 15.6 Å². The predicted molar refractivity (Wildman–Crippen MR) is 110 cm³/mol. The molecule has 8 heteroatoms. The third-order valence-corrected chi connectivity index (χ3v) is 4.06. The smallest absolute Gasteiger partial charge is 0.287 e. The van der Waals surface area contributed by atoms with E-state index >= 15 is 0 Å². The number of benzene rings is 1. The van der Waals surface area contributed by atoms with Crippen molar-refractivity contribution in [3.05, 3.63) is 60.2 Å². The minimum atomic E-state index is -0.426. The first-order valence-corrected chi connectivity index (χ1v) is 9.32.